The lowest BCUT2D eigenvalue weighted by Gasteiger charge is -2.30. The topological polar surface area (TPSA) is 24.9 Å². The maximum Gasteiger partial charge on any atom is 0.402 e. The van der Waals surface area contributed by atoms with E-state index in [-0.39, 0.29) is 5.56 Å². The fourth-order valence-electron chi connectivity index (χ4n) is 1.65. The molecule has 0 radical (unpaired) electrons. The van der Waals surface area contributed by atoms with Gasteiger partial charge < -0.3 is 5.32 Å². The Kier molecular flexibility index (Phi) is 4.20. The van der Waals surface area contributed by atoms with Crippen LogP contribution in [0, 0.1) is 5.92 Å². The Labute approximate surface area is 99.0 Å². The van der Waals surface area contributed by atoms with Crippen LogP contribution in [-0.2, 0) is 0 Å². The molecule has 0 aliphatic heterocycles. The van der Waals surface area contributed by atoms with Crippen molar-refractivity contribution in [1.29, 1.82) is 0 Å². The largest absolute Gasteiger partial charge is 0.402 e. The lowest BCUT2D eigenvalue weighted by atomic mass is 9.93. The van der Waals surface area contributed by atoms with Gasteiger partial charge in [-0.05, 0) is 18.7 Å². The number of hydrogen-bond acceptors (Lipinski definition) is 2. The van der Waals surface area contributed by atoms with Gasteiger partial charge in [0, 0.05) is 12.4 Å². The molecule has 0 spiro atoms. The second-order valence-corrected chi connectivity index (χ2v) is 3.61. The van der Waals surface area contributed by atoms with Crippen molar-refractivity contribution < 1.29 is 26.3 Å². The zero-order valence-corrected chi connectivity index (χ0v) is 9.18. The van der Waals surface area contributed by atoms with E-state index in [9.17, 15) is 26.3 Å². The van der Waals surface area contributed by atoms with Crippen LogP contribution in [0.2, 0.25) is 0 Å². The van der Waals surface area contributed by atoms with Crippen LogP contribution in [-0.4, -0.2) is 24.4 Å². The number of nitrogens with zero attached hydrogens (tertiary/aromatic N) is 1. The summed E-state index contributed by atoms with van der Waals surface area (Å²) < 4.78 is 75.4. The average Bonchev–Trinajstić information content (AvgIpc) is 2.23. The van der Waals surface area contributed by atoms with Crippen LogP contribution in [0.25, 0.3) is 0 Å². The van der Waals surface area contributed by atoms with Gasteiger partial charge in [-0.3, -0.25) is 4.98 Å². The van der Waals surface area contributed by atoms with Crippen LogP contribution in [0.3, 0.4) is 0 Å². The minimum absolute atomic E-state index is 0.167. The van der Waals surface area contributed by atoms with Gasteiger partial charge in [-0.25, -0.2) is 0 Å². The Hall–Kier alpha value is -1.31. The number of pyridine rings is 1. The van der Waals surface area contributed by atoms with Gasteiger partial charge in [0.15, 0.2) is 5.92 Å². The Bertz CT molecular complexity index is 358. The predicted octanol–water partition coefficient (Wildman–Crippen LogP) is 3.08. The number of rotatable bonds is 3. The Morgan fingerprint density at radius 3 is 2.00 bits per heavy atom. The molecule has 0 amide bonds. The number of hydrogen-bond donors (Lipinski definition) is 1. The van der Waals surface area contributed by atoms with E-state index in [1.54, 1.807) is 0 Å². The first kappa shape index (κ1) is 14.7. The second-order valence-electron chi connectivity index (χ2n) is 3.61. The van der Waals surface area contributed by atoms with Crippen LogP contribution >= 0.6 is 0 Å². The molecule has 8 heteroatoms. The summed E-state index contributed by atoms with van der Waals surface area (Å²) in [7, 11) is 1.04. The summed E-state index contributed by atoms with van der Waals surface area (Å²) in [4.78, 5) is 3.53. The zero-order chi connectivity index (χ0) is 14.0. The molecule has 1 unspecified atom stereocenters. The van der Waals surface area contributed by atoms with Crippen molar-refractivity contribution >= 4 is 0 Å². The molecule has 0 aliphatic carbocycles. The Morgan fingerprint density at radius 2 is 1.67 bits per heavy atom. The molecule has 2 nitrogen and oxygen atoms in total. The first-order chi connectivity index (χ1) is 8.18. The van der Waals surface area contributed by atoms with Gasteiger partial charge in [-0.1, -0.05) is 6.07 Å². The summed E-state index contributed by atoms with van der Waals surface area (Å²) in [5, 5.41) is 2.05. The van der Waals surface area contributed by atoms with Crippen molar-refractivity contribution in [2.24, 2.45) is 5.92 Å². The van der Waals surface area contributed by atoms with Crippen LogP contribution in [0.5, 0.6) is 0 Å². The lowest BCUT2D eigenvalue weighted by molar-refractivity contribution is -0.292. The fourth-order valence-corrected chi connectivity index (χ4v) is 1.65. The van der Waals surface area contributed by atoms with Gasteiger partial charge in [-0.15, -0.1) is 0 Å². The minimum Gasteiger partial charge on any atom is -0.312 e. The number of aromatic nitrogens is 1. The summed E-state index contributed by atoms with van der Waals surface area (Å²) in [5.74, 6) is -3.47. The molecular weight excluding hydrogens is 262 g/mol. The van der Waals surface area contributed by atoms with Crippen molar-refractivity contribution in [3.8, 4) is 0 Å². The summed E-state index contributed by atoms with van der Waals surface area (Å²) in [6.07, 6.45) is -8.53. The van der Waals surface area contributed by atoms with Gasteiger partial charge in [0.1, 0.15) is 0 Å². The summed E-state index contributed by atoms with van der Waals surface area (Å²) >= 11 is 0. The molecule has 0 bridgehead atoms. The standard InChI is InChI=1S/C10H10F6N2/c1-17-7(6-3-2-4-18-5-6)8(9(11,12)13)10(14,15)16/h2-5,7-8,17H,1H3. The highest BCUT2D eigenvalue weighted by molar-refractivity contribution is 5.16. The van der Waals surface area contributed by atoms with E-state index >= 15 is 0 Å². The van der Waals surface area contributed by atoms with Crippen LogP contribution < -0.4 is 5.32 Å². The SMILES string of the molecule is CNC(c1cccnc1)C(C(F)(F)F)C(F)(F)F. The molecule has 0 saturated heterocycles. The first-order valence-corrected chi connectivity index (χ1v) is 4.88. The smallest absolute Gasteiger partial charge is 0.312 e. The Balaban J connectivity index is 3.19. The molecular formula is C10H10F6N2. The lowest BCUT2D eigenvalue weighted by Crippen LogP contribution is -2.45. The average molecular weight is 272 g/mol. The molecule has 0 saturated carbocycles. The van der Waals surface area contributed by atoms with Gasteiger partial charge >= 0.3 is 12.4 Å². The van der Waals surface area contributed by atoms with Gasteiger partial charge in [0.2, 0.25) is 0 Å². The predicted molar refractivity (Wildman–Crippen MR) is 51.6 cm³/mol. The van der Waals surface area contributed by atoms with E-state index < -0.39 is 24.3 Å². The molecule has 1 heterocycles. The zero-order valence-electron chi connectivity index (χ0n) is 9.18. The molecule has 1 rings (SSSR count). The number of nitrogens with one attached hydrogen (secondary N) is 1. The summed E-state index contributed by atoms with van der Waals surface area (Å²) in [6, 6.07) is 0.529. The van der Waals surface area contributed by atoms with Crippen LogP contribution in [0.4, 0.5) is 26.3 Å². The highest BCUT2D eigenvalue weighted by Crippen LogP contribution is 2.46. The van der Waals surface area contributed by atoms with Crippen LogP contribution in [0.15, 0.2) is 24.5 Å². The monoisotopic (exact) mass is 272 g/mol. The summed E-state index contributed by atoms with van der Waals surface area (Å²) in [6.45, 7) is 0. The van der Waals surface area contributed by atoms with Gasteiger partial charge in [-0.2, -0.15) is 26.3 Å². The van der Waals surface area contributed by atoms with Crippen molar-refractivity contribution in [3.63, 3.8) is 0 Å². The third kappa shape index (κ3) is 3.34. The third-order valence-electron chi connectivity index (χ3n) is 2.39. The molecule has 1 atom stereocenters. The highest BCUT2D eigenvalue weighted by atomic mass is 19.4. The molecule has 0 aromatic carbocycles. The quantitative estimate of drug-likeness (QED) is 0.855. The van der Waals surface area contributed by atoms with Gasteiger partial charge in [0.25, 0.3) is 0 Å². The van der Waals surface area contributed by atoms with Crippen LogP contribution in [0.1, 0.15) is 11.6 Å². The minimum atomic E-state index is -5.39. The van der Waals surface area contributed by atoms with Gasteiger partial charge in [0.05, 0.1) is 6.04 Å². The molecule has 1 aromatic rings. The fraction of sp³-hybridized carbons (Fsp3) is 0.500. The molecule has 1 N–H and O–H groups in total. The van der Waals surface area contributed by atoms with Crippen molar-refractivity contribution in [2.45, 2.75) is 18.4 Å². The second kappa shape index (κ2) is 5.13. The maximum atomic E-state index is 12.6. The van der Waals surface area contributed by atoms with Crippen molar-refractivity contribution in [2.75, 3.05) is 7.05 Å². The first-order valence-electron chi connectivity index (χ1n) is 4.88. The van der Waals surface area contributed by atoms with Crippen molar-refractivity contribution in [3.05, 3.63) is 30.1 Å². The number of halogens is 6. The van der Waals surface area contributed by atoms with E-state index in [1.165, 1.54) is 18.3 Å². The van der Waals surface area contributed by atoms with E-state index in [2.05, 4.69) is 10.3 Å². The highest BCUT2D eigenvalue weighted by Gasteiger charge is 2.60. The molecule has 18 heavy (non-hydrogen) atoms. The third-order valence-corrected chi connectivity index (χ3v) is 2.39. The summed E-state index contributed by atoms with van der Waals surface area (Å²) in [5.41, 5.74) is -0.167. The van der Waals surface area contributed by atoms with E-state index in [0.717, 1.165) is 13.2 Å². The Morgan fingerprint density at radius 1 is 1.11 bits per heavy atom. The van der Waals surface area contributed by atoms with E-state index in [1.807, 2.05) is 0 Å². The molecule has 0 fully saturated rings. The van der Waals surface area contributed by atoms with E-state index in [4.69, 9.17) is 0 Å². The number of alkyl halides is 6. The normalized spacial score (nSPS) is 14.9. The molecule has 0 aliphatic rings. The molecule has 102 valence electrons. The molecule has 1 aromatic heterocycles. The van der Waals surface area contributed by atoms with E-state index in [0.29, 0.717) is 0 Å². The van der Waals surface area contributed by atoms with Crippen molar-refractivity contribution in [1.82, 2.24) is 10.3 Å². The maximum absolute atomic E-state index is 12.6.